The smallest absolute Gasteiger partial charge is 0.148 e. The van der Waals surface area contributed by atoms with Crippen molar-refractivity contribution in [1.29, 1.82) is 0 Å². The van der Waals surface area contributed by atoms with E-state index >= 15 is 0 Å². The van der Waals surface area contributed by atoms with Crippen molar-refractivity contribution >= 4 is 96.7 Å². The monoisotopic (exact) mass is 1720 g/mol. The normalized spacial score (nSPS) is 14.6. The van der Waals surface area contributed by atoms with Crippen LogP contribution in [0.2, 0.25) is 0 Å². The highest BCUT2D eigenvalue weighted by molar-refractivity contribution is 7.00. The number of para-hydroxylation sites is 7. The quantitative estimate of drug-likeness (QED) is 0.0900. The van der Waals surface area contributed by atoms with Gasteiger partial charge in [0.1, 0.15) is 23.4 Å². The zero-order chi connectivity index (χ0) is 87.3. The van der Waals surface area contributed by atoms with Crippen LogP contribution in [0, 0.1) is 6.92 Å². The fourth-order valence-corrected chi connectivity index (χ4v) is 19.7. The lowest BCUT2D eigenvalue weighted by Gasteiger charge is -2.36. The number of aromatic nitrogens is 2. The van der Waals surface area contributed by atoms with E-state index in [0.29, 0.717) is 0 Å². The summed E-state index contributed by atoms with van der Waals surface area (Å²) in [6, 6.07) is 177. The summed E-state index contributed by atoms with van der Waals surface area (Å²) < 4.78 is 9.28. The van der Waals surface area contributed by atoms with E-state index in [1.54, 1.807) is 0 Å². The third-order valence-electron chi connectivity index (χ3n) is 25.4. The maximum atomic E-state index is 5.53. The Morgan fingerprint density at radius 2 is 0.462 bits per heavy atom. The number of anilines is 11. The van der Waals surface area contributed by atoms with Crippen LogP contribution in [0.3, 0.4) is 0 Å². The minimum absolute atomic E-state index is 0. The zero-order valence-electron chi connectivity index (χ0n) is 72.1. The van der Waals surface area contributed by atoms with Crippen LogP contribution in [0.4, 0.5) is 62.6 Å². The van der Waals surface area contributed by atoms with E-state index in [1.165, 1.54) is 107 Å². The molecule has 632 valence electrons. The van der Waals surface area contributed by atoms with Crippen LogP contribution in [0.15, 0.2) is 507 Å². The van der Waals surface area contributed by atoms with E-state index in [1.807, 2.05) is 18.2 Å². The van der Waals surface area contributed by atoms with Crippen molar-refractivity contribution in [1.82, 2.24) is 8.75 Å². The first-order valence-electron chi connectivity index (χ1n) is 44.7. The molecule has 2 aliphatic carbocycles. The van der Waals surface area contributed by atoms with E-state index in [2.05, 4.69) is 519 Å². The predicted molar refractivity (Wildman–Crippen MR) is 553 cm³/mol. The Hall–Kier alpha value is -16.7. The average Bonchev–Trinajstić information content (AvgIpc) is 1.56. The van der Waals surface area contributed by atoms with Gasteiger partial charge >= 0.3 is 0 Å². The molecule has 132 heavy (non-hydrogen) atoms. The van der Waals surface area contributed by atoms with Gasteiger partial charge in [-0.05, 0) is 218 Å². The average molecular weight is 1720 g/mol. The second kappa shape index (κ2) is 37.0. The molecular formula is C122H93N9S. The van der Waals surface area contributed by atoms with Crippen LogP contribution in [-0.2, 0) is 0 Å². The summed E-state index contributed by atoms with van der Waals surface area (Å²) in [6.45, 7) is 2.14. The summed E-state index contributed by atoms with van der Waals surface area (Å²) in [7, 11) is 0. The number of rotatable bonds is 17. The van der Waals surface area contributed by atoms with Crippen molar-refractivity contribution < 1.29 is 0 Å². The van der Waals surface area contributed by atoms with Crippen LogP contribution >= 0.6 is 11.7 Å². The molecule has 2 aliphatic heterocycles. The number of hydrogen-bond donors (Lipinski definition) is 0. The topological polar surface area (TPSA) is 66.7 Å². The molecule has 4 atom stereocenters. The third kappa shape index (κ3) is 16.1. The summed E-state index contributed by atoms with van der Waals surface area (Å²) >= 11 is 1.26. The van der Waals surface area contributed by atoms with E-state index in [4.69, 9.17) is 9.98 Å². The maximum absolute atomic E-state index is 5.53. The van der Waals surface area contributed by atoms with E-state index in [-0.39, 0.29) is 31.8 Å². The van der Waals surface area contributed by atoms with Gasteiger partial charge in [-0.3, -0.25) is 9.98 Å². The Morgan fingerprint density at radius 3 is 0.795 bits per heavy atom. The van der Waals surface area contributed by atoms with Crippen molar-refractivity contribution in [2.75, 3.05) is 24.5 Å². The molecule has 0 spiro atoms. The summed E-state index contributed by atoms with van der Waals surface area (Å²) in [5.74, 6) is 0. The standard InChI is InChI=1S/C46H35N3.C45H33N3.C30H21N3S.CH4/c1-32-20-28-39(29-21-32)49-45-43-19-11-9-17-41(43)40-16-8-10-18-42(40)44(45)47-46(49)35-24-22-33(23-25-35)34-26-30-38(31-27-34)48(36-12-4-2-5-13-36)37-14-6-3-7-15-37;1-4-14-35(15-5-1)47(36-16-6-2-7-17-36)38-30-28-33(29-31-38)32-24-26-34(27-25-32)45-46-43-41-22-12-10-20-39(41)40-21-11-13-23-42(40)44(43)48(45)37-18-8-3-9-19-37;1-4-10-22(11-5-1)27-20-21-28(30-29(27)31-34-32-30)23-16-18-26(19-17-23)33(24-12-6-2-7-13-24)25-14-8-3-9-15-25;/h2-31,45-46H,1H3;1-31,44-45H;1-21H;1H4. The Kier molecular flexibility index (Phi) is 23.1. The second-order valence-corrected chi connectivity index (χ2v) is 33.8. The van der Waals surface area contributed by atoms with Crippen molar-refractivity contribution in [3.05, 3.63) is 536 Å². The molecule has 19 aromatic carbocycles. The van der Waals surface area contributed by atoms with Crippen LogP contribution < -0.4 is 24.5 Å². The van der Waals surface area contributed by atoms with Gasteiger partial charge in [-0.25, -0.2) is 0 Å². The Balaban J connectivity index is 0.000000121. The lowest BCUT2D eigenvalue weighted by Crippen LogP contribution is -2.32. The number of hydrogen-bond acceptors (Lipinski definition) is 10. The van der Waals surface area contributed by atoms with Gasteiger partial charge in [0.2, 0.25) is 0 Å². The van der Waals surface area contributed by atoms with Crippen LogP contribution in [-0.4, -0.2) is 20.2 Å². The van der Waals surface area contributed by atoms with Gasteiger partial charge in [0, 0.05) is 84.8 Å². The molecule has 9 nitrogen and oxygen atoms in total. The minimum Gasteiger partial charge on any atom is -0.333 e. The van der Waals surface area contributed by atoms with Gasteiger partial charge < -0.3 is 24.5 Å². The maximum Gasteiger partial charge on any atom is 0.148 e. The fourth-order valence-electron chi connectivity index (χ4n) is 19.2. The molecule has 24 rings (SSSR count). The minimum atomic E-state index is -0.149. The first-order chi connectivity index (χ1) is 64.9. The van der Waals surface area contributed by atoms with Crippen molar-refractivity contribution in [3.63, 3.8) is 0 Å². The molecule has 0 amide bonds. The molecule has 20 aromatic rings. The fraction of sp³-hybridized carbons (Fsp3) is 0.0492. The molecule has 0 fully saturated rings. The molecule has 4 aliphatic rings. The lowest BCUT2D eigenvalue weighted by molar-refractivity contribution is 0.669. The first kappa shape index (κ1) is 82.3. The van der Waals surface area contributed by atoms with Crippen molar-refractivity contribution in [3.8, 4) is 66.8 Å². The Bertz CT molecular complexity index is 7320. The van der Waals surface area contributed by atoms with Gasteiger partial charge in [-0.1, -0.05) is 377 Å². The molecule has 0 saturated carbocycles. The van der Waals surface area contributed by atoms with Gasteiger partial charge in [0.15, 0.2) is 0 Å². The van der Waals surface area contributed by atoms with Gasteiger partial charge in [-0.15, -0.1) is 0 Å². The molecule has 3 heterocycles. The zero-order valence-corrected chi connectivity index (χ0v) is 72.9. The first-order valence-corrected chi connectivity index (χ1v) is 45.4. The number of aliphatic imine (C=N–C) groups is 2. The van der Waals surface area contributed by atoms with Crippen molar-refractivity contribution in [2.45, 2.75) is 38.8 Å². The molecule has 0 radical (unpaired) electrons. The van der Waals surface area contributed by atoms with Crippen LogP contribution in [0.1, 0.15) is 70.8 Å². The largest absolute Gasteiger partial charge is 0.333 e. The highest BCUT2D eigenvalue weighted by Gasteiger charge is 2.45. The third-order valence-corrected chi connectivity index (χ3v) is 25.9. The van der Waals surface area contributed by atoms with Gasteiger partial charge in [0.05, 0.1) is 35.2 Å². The molecule has 4 unspecified atom stereocenters. The Morgan fingerprint density at radius 1 is 0.212 bits per heavy atom. The van der Waals surface area contributed by atoms with E-state index in [0.717, 1.165) is 95.9 Å². The highest BCUT2D eigenvalue weighted by atomic mass is 32.1. The molecule has 1 aromatic heterocycles. The molecule has 0 bridgehead atoms. The number of fused-ring (bicyclic) bond motifs is 13. The summed E-state index contributed by atoms with van der Waals surface area (Å²) in [4.78, 5) is 22.9. The number of nitrogens with zero attached hydrogens (tertiary/aromatic N) is 9. The molecule has 10 heteroatoms. The summed E-state index contributed by atoms with van der Waals surface area (Å²) in [5.41, 5.74) is 39.6. The number of benzene rings is 19. The predicted octanol–water partition coefficient (Wildman–Crippen LogP) is 32.5. The number of aryl methyl sites for hydroxylation is 1. The van der Waals surface area contributed by atoms with Gasteiger partial charge in [-0.2, -0.15) is 8.75 Å². The molecule has 0 N–H and O–H groups in total. The molecular weight excluding hydrogens is 1620 g/mol. The summed E-state index contributed by atoms with van der Waals surface area (Å²) in [6.07, 6.45) is -0.294. The summed E-state index contributed by atoms with van der Waals surface area (Å²) in [5, 5.41) is 0. The highest BCUT2D eigenvalue weighted by Crippen LogP contribution is 2.54. The molecule has 0 saturated heterocycles. The Labute approximate surface area is 776 Å². The van der Waals surface area contributed by atoms with Crippen molar-refractivity contribution in [2.24, 2.45) is 9.98 Å². The van der Waals surface area contributed by atoms with Crippen LogP contribution in [0.25, 0.3) is 77.8 Å². The van der Waals surface area contributed by atoms with Gasteiger partial charge in [0.25, 0.3) is 0 Å². The lowest BCUT2D eigenvalue weighted by atomic mass is 9.81. The van der Waals surface area contributed by atoms with E-state index in [9.17, 15) is 0 Å². The SMILES string of the molecule is C.Cc1ccc(N2C(c3ccc(-c4ccc(N(c5ccccc5)c5ccccc5)cc4)cc3)N=C3c4ccccc4-c4ccccc4C32)cc1.c1ccc(-c2ccc(-c3ccc(N(c4ccccc4)c4ccccc4)cc3)c3nsnc23)cc1.c1ccc(N(c2ccccc2)c2ccc(-c3ccc(C4N=C5c6ccccc6-c6ccccc6C5N4c4ccccc4)cc3)cc2)cc1. The van der Waals surface area contributed by atoms with E-state index < -0.39 is 0 Å². The second-order valence-electron chi connectivity index (χ2n) is 33.2. The van der Waals surface area contributed by atoms with Crippen LogP contribution in [0.5, 0.6) is 0 Å².